The molecule has 0 aromatic heterocycles. The maximum absolute atomic E-state index is 12.6. The number of halogens is 3. The molecule has 124 valence electrons. The molecule has 0 heterocycles. The molecular weight excluding hydrogens is 307 g/mol. The zero-order valence-electron chi connectivity index (χ0n) is 12.9. The molecule has 0 aliphatic heterocycles. The van der Waals surface area contributed by atoms with Crippen molar-refractivity contribution in [3.63, 3.8) is 0 Å². The van der Waals surface area contributed by atoms with E-state index in [1.807, 2.05) is 43.3 Å². The van der Waals surface area contributed by atoms with E-state index in [9.17, 15) is 23.1 Å². The first-order valence-electron chi connectivity index (χ1n) is 7.22. The number of hydrogen-bond acceptors (Lipinski definition) is 3. The van der Waals surface area contributed by atoms with Crippen LogP contribution in [0.1, 0.15) is 24.8 Å². The molecule has 0 radical (unpaired) electrons. The lowest BCUT2D eigenvalue weighted by molar-refractivity contribution is -0.167. The molecule has 0 saturated carbocycles. The van der Waals surface area contributed by atoms with Crippen LogP contribution in [0, 0.1) is 0 Å². The predicted molar refractivity (Wildman–Crippen MR) is 83.3 cm³/mol. The summed E-state index contributed by atoms with van der Waals surface area (Å²) in [6, 6.07) is 7.38. The van der Waals surface area contributed by atoms with E-state index in [0.29, 0.717) is 18.4 Å². The Morgan fingerprint density at radius 2 is 1.78 bits per heavy atom. The number of carbonyl (C=O) groups is 1. The van der Waals surface area contributed by atoms with Gasteiger partial charge in [0.25, 0.3) is 5.78 Å². The average molecular weight is 325 g/mol. The maximum Gasteiger partial charge on any atom is 0.454 e. The van der Waals surface area contributed by atoms with Crippen molar-refractivity contribution in [2.45, 2.75) is 25.4 Å². The maximum atomic E-state index is 12.6. The van der Waals surface area contributed by atoms with E-state index in [0.717, 1.165) is 11.3 Å². The van der Waals surface area contributed by atoms with Crippen molar-refractivity contribution in [1.82, 2.24) is 0 Å². The molecule has 1 aromatic carbocycles. The first-order chi connectivity index (χ1) is 10.7. The van der Waals surface area contributed by atoms with Gasteiger partial charge in [-0.3, -0.25) is 4.79 Å². The van der Waals surface area contributed by atoms with Crippen LogP contribution in [-0.4, -0.2) is 31.2 Å². The number of ketones is 1. The van der Waals surface area contributed by atoms with Crippen molar-refractivity contribution in [2.24, 2.45) is 0 Å². The molecule has 0 amide bonds. The number of allylic oxidation sites excluding steroid dienone is 2. The Morgan fingerprint density at radius 3 is 2.30 bits per heavy atom. The van der Waals surface area contributed by atoms with E-state index in [4.69, 9.17) is 0 Å². The summed E-state index contributed by atoms with van der Waals surface area (Å²) in [5.74, 6) is -2.49. The predicted octanol–water partition coefficient (Wildman–Crippen LogP) is 4.26. The second-order valence-electron chi connectivity index (χ2n) is 5.66. The fraction of sp³-hybridized carbons (Fsp3) is 0.353. The topological polar surface area (TPSA) is 40.5 Å². The minimum atomic E-state index is -4.96. The third kappa shape index (κ3) is 3.94. The molecule has 0 saturated heterocycles. The Bertz CT molecular complexity index is 655. The molecule has 23 heavy (non-hydrogen) atoms. The first-order valence-corrected chi connectivity index (χ1v) is 7.22. The highest BCUT2D eigenvalue weighted by Gasteiger charge is 2.42. The number of hydrogen-bond donors (Lipinski definition) is 1. The number of anilines is 1. The lowest BCUT2D eigenvalue weighted by Gasteiger charge is -2.19. The van der Waals surface area contributed by atoms with Gasteiger partial charge >= 0.3 is 6.18 Å². The van der Waals surface area contributed by atoms with Gasteiger partial charge in [-0.05, 0) is 48.6 Å². The number of benzene rings is 1. The normalized spacial score (nSPS) is 17.5. The third-order valence-corrected chi connectivity index (χ3v) is 3.74. The summed E-state index contributed by atoms with van der Waals surface area (Å²) in [5.41, 5.74) is 1.57. The molecule has 0 unspecified atom stereocenters. The molecule has 0 fully saturated rings. The van der Waals surface area contributed by atoms with E-state index in [-0.39, 0.29) is 6.42 Å². The lowest BCUT2D eigenvalue weighted by Crippen LogP contribution is -2.27. The molecule has 6 heteroatoms. The van der Waals surface area contributed by atoms with Gasteiger partial charge in [-0.1, -0.05) is 12.1 Å². The summed E-state index contributed by atoms with van der Waals surface area (Å²) < 4.78 is 37.7. The van der Waals surface area contributed by atoms with E-state index < -0.39 is 23.3 Å². The number of Topliss-reactive ketones (excluding diaryl/α,β-unsaturated/α-hetero) is 1. The molecule has 0 bridgehead atoms. The highest BCUT2D eigenvalue weighted by atomic mass is 19.4. The quantitative estimate of drug-likeness (QED) is 0.902. The molecule has 0 spiro atoms. The number of aliphatic hydroxyl groups excluding tert-OH is 1. The van der Waals surface area contributed by atoms with Gasteiger partial charge in [-0.2, -0.15) is 13.2 Å². The SMILES string of the molecule is CN(C)c1ccc(/C=C2/CCCC(C(=O)C(F)(F)F)=C2O)cc1. The summed E-state index contributed by atoms with van der Waals surface area (Å²) in [7, 11) is 3.80. The minimum absolute atomic E-state index is 0.0545. The van der Waals surface area contributed by atoms with E-state index in [1.54, 1.807) is 6.08 Å². The number of carbonyl (C=O) groups excluding carboxylic acids is 1. The second kappa shape index (κ2) is 6.48. The fourth-order valence-electron chi connectivity index (χ4n) is 2.49. The Kier molecular flexibility index (Phi) is 4.82. The molecule has 1 aromatic rings. The van der Waals surface area contributed by atoms with Crippen LogP contribution in [0.5, 0.6) is 0 Å². The highest BCUT2D eigenvalue weighted by Crippen LogP contribution is 2.34. The van der Waals surface area contributed by atoms with Crippen LogP contribution in [0.3, 0.4) is 0 Å². The molecule has 1 aliphatic rings. The Balaban J connectivity index is 2.33. The van der Waals surface area contributed by atoms with E-state index in [2.05, 4.69) is 0 Å². The van der Waals surface area contributed by atoms with Crippen molar-refractivity contribution in [1.29, 1.82) is 0 Å². The van der Waals surface area contributed by atoms with Crippen molar-refractivity contribution < 1.29 is 23.1 Å². The molecule has 1 aliphatic carbocycles. The Morgan fingerprint density at radius 1 is 1.17 bits per heavy atom. The first kappa shape index (κ1) is 17.1. The van der Waals surface area contributed by atoms with Gasteiger partial charge in [-0.25, -0.2) is 0 Å². The van der Waals surface area contributed by atoms with Crippen molar-refractivity contribution >= 4 is 17.5 Å². The van der Waals surface area contributed by atoms with Gasteiger partial charge in [0, 0.05) is 25.4 Å². The monoisotopic (exact) mass is 325 g/mol. The zero-order valence-corrected chi connectivity index (χ0v) is 12.9. The van der Waals surface area contributed by atoms with Crippen LogP contribution >= 0.6 is 0 Å². The number of nitrogens with zero attached hydrogens (tertiary/aromatic N) is 1. The van der Waals surface area contributed by atoms with Crippen LogP contribution in [-0.2, 0) is 4.79 Å². The zero-order chi connectivity index (χ0) is 17.2. The van der Waals surface area contributed by atoms with Crippen LogP contribution < -0.4 is 4.90 Å². The van der Waals surface area contributed by atoms with Crippen molar-refractivity contribution in [2.75, 3.05) is 19.0 Å². The molecular formula is C17H18F3NO2. The van der Waals surface area contributed by atoms with E-state index in [1.165, 1.54) is 0 Å². The molecule has 3 nitrogen and oxygen atoms in total. The van der Waals surface area contributed by atoms with Gasteiger partial charge in [0.05, 0.1) is 0 Å². The lowest BCUT2D eigenvalue weighted by atomic mass is 9.89. The van der Waals surface area contributed by atoms with Gasteiger partial charge in [0.2, 0.25) is 0 Å². The van der Waals surface area contributed by atoms with Crippen LogP contribution in [0.15, 0.2) is 41.2 Å². The van der Waals surface area contributed by atoms with Crippen LogP contribution in [0.2, 0.25) is 0 Å². The number of aliphatic hydroxyl groups is 1. The van der Waals surface area contributed by atoms with E-state index >= 15 is 0 Å². The molecule has 2 rings (SSSR count). The third-order valence-electron chi connectivity index (χ3n) is 3.74. The Labute approximate surface area is 132 Å². The largest absolute Gasteiger partial charge is 0.507 e. The van der Waals surface area contributed by atoms with Gasteiger partial charge in [0.15, 0.2) is 0 Å². The molecule has 1 N–H and O–H groups in total. The summed E-state index contributed by atoms with van der Waals surface area (Å²) in [6.45, 7) is 0. The fourth-order valence-corrected chi connectivity index (χ4v) is 2.49. The Hall–Kier alpha value is -2.24. The summed E-state index contributed by atoms with van der Waals surface area (Å²) in [6.07, 6.45) is -2.55. The van der Waals surface area contributed by atoms with Gasteiger partial charge in [-0.15, -0.1) is 0 Å². The van der Waals surface area contributed by atoms with Crippen molar-refractivity contribution in [3.8, 4) is 0 Å². The van der Waals surface area contributed by atoms with Crippen molar-refractivity contribution in [3.05, 3.63) is 46.7 Å². The summed E-state index contributed by atoms with van der Waals surface area (Å²) in [5, 5.41) is 10.0. The number of rotatable bonds is 3. The smallest absolute Gasteiger partial charge is 0.454 e. The standard InChI is InChI=1S/C17H18F3NO2/c1-21(2)13-8-6-11(7-9-13)10-12-4-3-5-14(15(12)22)16(23)17(18,19)20/h6-10,22H,3-5H2,1-2H3/b12-10-. The van der Waals surface area contributed by atoms with Gasteiger partial charge in [0.1, 0.15) is 5.76 Å². The molecule has 0 atom stereocenters. The van der Waals surface area contributed by atoms with Crippen LogP contribution in [0.25, 0.3) is 6.08 Å². The summed E-state index contributed by atoms with van der Waals surface area (Å²) in [4.78, 5) is 13.3. The van der Waals surface area contributed by atoms with Crippen LogP contribution in [0.4, 0.5) is 18.9 Å². The minimum Gasteiger partial charge on any atom is -0.507 e. The summed E-state index contributed by atoms with van der Waals surface area (Å²) >= 11 is 0. The number of alkyl halides is 3. The highest BCUT2D eigenvalue weighted by molar-refractivity contribution is 6.00. The average Bonchev–Trinajstić information content (AvgIpc) is 2.48. The second-order valence-corrected chi connectivity index (χ2v) is 5.66. The van der Waals surface area contributed by atoms with Gasteiger partial charge < -0.3 is 10.0 Å².